The second kappa shape index (κ2) is 4.64. The van der Waals surface area contributed by atoms with Crippen molar-refractivity contribution < 1.29 is 0 Å². The minimum Gasteiger partial charge on any atom is -0.347 e. The lowest BCUT2D eigenvalue weighted by molar-refractivity contribution is 0.662. The van der Waals surface area contributed by atoms with E-state index < -0.39 is 0 Å². The zero-order valence-electron chi connectivity index (χ0n) is 11.7. The Hall–Kier alpha value is -1.91. The molecule has 0 saturated carbocycles. The maximum atomic E-state index is 4.70. The molecule has 5 heteroatoms. The molecule has 1 N–H and O–H groups in total. The zero-order valence-corrected chi connectivity index (χ0v) is 11.7. The molecule has 0 fully saturated rings. The van der Waals surface area contributed by atoms with Crippen LogP contribution in [0.2, 0.25) is 0 Å². The van der Waals surface area contributed by atoms with E-state index in [0.29, 0.717) is 0 Å². The largest absolute Gasteiger partial charge is 0.347 e. The van der Waals surface area contributed by atoms with Gasteiger partial charge in [0.15, 0.2) is 0 Å². The number of hydrogen-bond acceptors (Lipinski definition) is 4. The van der Waals surface area contributed by atoms with Crippen molar-refractivity contribution in [3.8, 4) is 11.4 Å². The van der Waals surface area contributed by atoms with Crippen LogP contribution in [-0.4, -0.2) is 34.3 Å². The summed E-state index contributed by atoms with van der Waals surface area (Å²) in [4.78, 5) is 11.3. The topological polar surface area (TPSA) is 57.7 Å². The highest BCUT2D eigenvalue weighted by atomic mass is 15.2. The molecule has 19 heavy (non-hydrogen) atoms. The van der Waals surface area contributed by atoms with Crippen molar-refractivity contribution in [3.05, 3.63) is 23.0 Å². The van der Waals surface area contributed by atoms with Gasteiger partial charge in [-0.15, -0.1) is 0 Å². The van der Waals surface area contributed by atoms with Crippen molar-refractivity contribution in [1.82, 2.24) is 20.2 Å². The SMILES string of the molecule is Cc1cc(-c2nc(N(C)C)nc3c2CCCC3)n[nH]1. The first-order chi connectivity index (χ1) is 9.15. The van der Waals surface area contributed by atoms with E-state index in [1.54, 1.807) is 0 Å². The van der Waals surface area contributed by atoms with Crippen LogP contribution in [0.3, 0.4) is 0 Å². The van der Waals surface area contributed by atoms with Gasteiger partial charge in [0.2, 0.25) is 5.95 Å². The van der Waals surface area contributed by atoms with Gasteiger partial charge in [-0.3, -0.25) is 5.10 Å². The molecule has 2 heterocycles. The molecule has 0 aromatic carbocycles. The lowest BCUT2D eigenvalue weighted by Crippen LogP contribution is -2.17. The highest BCUT2D eigenvalue weighted by molar-refractivity contribution is 5.62. The van der Waals surface area contributed by atoms with Crippen LogP contribution in [0.25, 0.3) is 11.4 Å². The lowest BCUT2D eigenvalue weighted by Gasteiger charge is -2.20. The van der Waals surface area contributed by atoms with Gasteiger partial charge in [0.1, 0.15) is 5.69 Å². The number of aromatic amines is 1. The molecule has 1 aliphatic carbocycles. The quantitative estimate of drug-likeness (QED) is 0.895. The molecule has 0 saturated heterocycles. The van der Waals surface area contributed by atoms with Gasteiger partial charge in [0.05, 0.1) is 5.69 Å². The molecule has 0 bridgehead atoms. The normalized spacial score (nSPS) is 14.3. The van der Waals surface area contributed by atoms with E-state index >= 15 is 0 Å². The Balaban J connectivity index is 2.18. The molecule has 0 radical (unpaired) electrons. The minimum atomic E-state index is 0.774. The third kappa shape index (κ3) is 2.20. The third-order valence-corrected chi connectivity index (χ3v) is 3.52. The number of anilines is 1. The maximum absolute atomic E-state index is 4.70. The number of H-pyrrole nitrogens is 1. The summed E-state index contributed by atoms with van der Waals surface area (Å²) in [6, 6.07) is 2.05. The van der Waals surface area contributed by atoms with E-state index in [1.165, 1.54) is 24.1 Å². The first kappa shape index (κ1) is 12.1. The van der Waals surface area contributed by atoms with Crippen molar-refractivity contribution in [2.75, 3.05) is 19.0 Å². The minimum absolute atomic E-state index is 0.774. The van der Waals surface area contributed by atoms with E-state index in [2.05, 4.69) is 21.2 Å². The molecule has 100 valence electrons. The number of rotatable bonds is 2. The van der Waals surface area contributed by atoms with Gasteiger partial charge in [0.25, 0.3) is 0 Å². The summed E-state index contributed by atoms with van der Waals surface area (Å²) in [6.07, 6.45) is 4.55. The number of nitrogens with one attached hydrogen (secondary N) is 1. The van der Waals surface area contributed by atoms with E-state index in [9.17, 15) is 0 Å². The zero-order chi connectivity index (χ0) is 13.4. The second-order valence-corrected chi connectivity index (χ2v) is 5.34. The summed E-state index contributed by atoms with van der Waals surface area (Å²) in [7, 11) is 3.95. The van der Waals surface area contributed by atoms with Crippen molar-refractivity contribution in [3.63, 3.8) is 0 Å². The fourth-order valence-electron chi connectivity index (χ4n) is 2.53. The van der Waals surface area contributed by atoms with Crippen LogP contribution in [0.1, 0.15) is 29.8 Å². The molecule has 5 nitrogen and oxygen atoms in total. The van der Waals surface area contributed by atoms with Crippen LogP contribution in [0, 0.1) is 6.92 Å². The Morgan fingerprint density at radius 1 is 1.16 bits per heavy atom. The van der Waals surface area contributed by atoms with Gasteiger partial charge < -0.3 is 4.90 Å². The predicted octanol–water partition coefficient (Wildman–Crippen LogP) is 2.12. The summed E-state index contributed by atoms with van der Waals surface area (Å²) in [5.74, 6) is 0.774. The number of nitrogens with zero attached hydrogens (tertiary/aromatic N) is 4. The van der Waals surface area contributed by atoms with Gasteiger partial charge >= 0.3 is 0 Å². The first-order valence-corrected chi connectivity index (χ1v) is 6.74. The summed E-state index contributed by atoms with van der Waals surface area (Å²) in [5, 5.41) is 7.36. The third-order valence-electron chi connectivity index (χ3n) is 3.52. The van der Waals surface area contributed by atoms with E-state index in [0.717, 1.165) is 35.9 Å². The molecular weight excluding hydrogens is 238 g/mol. The van der Waals surface area contributed by atoms with Crippen molar-refractivity contribution in [2.24, 2.45) is 0 Å². The molecule has 0 unspecified atom stereocenters. The smallest absolute Gasteiger partial charge is 0.225 e. The predicted molar refractivity (Wildman–Crippen MR) is 75.3 cm³/mol. The summed E-state index contributed by atoms with van der Waals surface area (Å²) in [5.41, 5.74) is 5.47. The monoisotopic (exact) mass is 257 g/mol. The van der Waals surface area contributed by atoms with Crippen LogP contribution in [0.5, 0.6) is 0 Å². The van der Waals surface area contributed by atoms with E-state index in [1.807, 2.05) is 25.9 Å². The van der Waals surface area contributed by atoms with Crippen molar-refractivity contribution in [2.45, 2.75) is 32.6 Å². The van der Waals surface area contributed by atoms with Crippen LogP contribution >= 0.6 is 0 Å². The number of aromatic nitrogens is 4. The average molecular weight is 257 g/mol. The van der Waals surface area contributed by atoms with Crippen LogP contribution in [-0.2, 0) is 12.8 Å². The number of aryl methyl sites for hydroxylation is 2. The second-order valence-electron chi connectivity index (χ2n) is 5.34. The van der Waals surface area contributed by atoms with Crippen LogP contribution < -0.4 is 4.90 Å². The molecule has 2 aromatic rings. The Morgan fingerprint density at radius 3 is 2.63 bits per heavy atom. The Kier molecular flexibility index (Phi) is 2.97. The molecule has 0 spiro atoms. The van der Waals surface area contributed by atoms with Gasteiger partial charge in [0, 0.05) is 31.0 Å². The molecular formula is C14H19N5. The Bertz CT molecular complexity index is 600. The van der Waals surface area contributed by atoms with Gasteiger partial charge in [-0.2, -0.15) is 5.10 Å². The number of fused-ring (bicyclic) bond motifs is 1. The highest BCUT2D eigenvalue weighted by Gasteiger charge is 2.20. The van der Waals surface area contributed by atoms with Gasteiger partial charge in [-0.25, -0.2) is 9.97 Å². The standard InChI is InChI=1S/C14H19N5/c1-9-8-12(18-17-9)13-10-6-4-5-7-11(10)15-14(16-13)19(2)3/h8H,4-7H2,1-3H3,(H,17,18). The summed E-state index contributed by atoms with van der Waals surface area (Å²) < 4.78 is 0. The summed E-state index contributed by atoms with van der Waals surface area (Å²) >= 11 is 0. The first-order valence-electron chi connectivity index (χ1n) is 6.74. The Labute approximate surface area is 113 Å². The molecule has 2 aromatic heterocycles. The molecule has 0 atom stereocenters. The molecule has 0 amide bonds. The van der Waals surface area contributed by atoms with Crippen LogP contribution in [0.4, 0.5) is 5.95 Å². The maximum Gasteiger partial charge on any atom is 0.225 e. The molecule has 1 aliphatic rings. The van der Waals surface area contributed by atoms with E-state index in [-0.39, 0.29) is 0 Å². The van der Waals surface area contributed by atoms with Crippen molar-refractivity contribution >= 4 is 5.95 Å². The average Bonchev–Trinajstić information content (AvgIpc) is 2.84. The lowest BCUT2D eigenvalue weighted by atomic mass is 9.94. The number of hydrogen-bond donors (Lipinski definition) is 1. The van der Waals surface area contributed by atoms with Crippen molar-refractivity contribution in [1.29, 1.82) is 0 Å². The fourth-order valence-corrected chi connectivity index (χ4v) is 2.53. The highest BCUT2D eigenvalue weighted by Crippen LogP contribution is 2.30. The Morgan fingerprint density at radius 2 is 1.95 bits per heavy atom. The van der Waals surface area contributed by atoms with E-state index in [4.69, 9.17) is 4.98 Å². The van der Waals surface area contributed by atoms with Gasteiger partial charge in [-0.05, 0) is 38.7 Å². The van der Waals surface area contributed by atoms with Crippen LogP contribution in [0.15, 0.2) is 6.07 Å². The molecule has 0 aliphatic heterocycles. The fraction of sp³-hybridized carbons (Fsp3) is 0.500. The summed E-state index contributed by atoms with van der Waals surface area (Å²) in [6.45, 7) is 2.01. The van der Waals surface area contributed by atoms with Gasteiger partial charge in [-0.1, -0.05) is 0 Å². The molecule has 3 rings (SSSR count).